The van der Waals surface area contributed by atoms with Crippen LogP contribution in [0.3, 0.4) is 0 Å². The number of aliphatic hydroxyl groups is 1. The zero-order chi connectivity index (χ0) is 20.8. The lowest BCUT2D eigenvalue weighted by Crippen LogP contribution is -1.77. The Morgan fingerprint density at radius 3 is 1.52 bits per heavy atom. The van der Waals surface area contributed by atoms with Crippen molar-refractivity contribution in [2.75, 3.05) is 0 Å². The quantitative estimate of drug-likeness (QED) is 0.385. The number of halogens is 4. The van der Waals surface area contributed by atoms with E-state index in [0.717, 1.165) is 26.4 Å². The number of aryl methyl sites for hydroxylation is 2. The molecule has 0 saturated heterocycles. The molecule has 0 aliphatic heterocycles. The Morgan fingerprint density at radius 2 is 1.33 bits per heavy atom. The first-order valence-corrected chi connectivity index (χ1v) is 11.8. The molecule has 3 heterocycles. The minimum Gasteiger partial charge on any atom is -0.391 e. The van der Waals surface area contributed by atoms with E-state index >= 15 is 0 Å². The summed E-state index contributed by atoms with van der Waals surface area (Å²) in [4.78, 5) is 2.08. The molecule has 0 radical (unpaired) electrons. The molecule has 0 aliphatic rings. The topological polar surface area (TPSA) is 20.2 Å². The molecule has 0 bridgehead atoms. The van der Waals surface area contributed by atoms with E-state index in [1.165, 1.54) is 52.2 Å². The molecule has 0 aliphatic carbocycles. The van der Waals surface area contributed by atoms with Gasteiger partial charge in [0.15, 0.2) is 0 Å². The highest BCUT2D eigenvalue weighted by Gasteiger charge is 2.03. The van der Waals surface area contributed by atoms with Crippen molar-refractivity contribution in [3.8, 4) is 0 Å². The summed E-state index contributed by atoms with van der Waals surface area (Å²) in [5.74, 6) is -0.454. The van der Waals surface area contributed by atoms with Crippen molar-refractivity contribution in [2.45, 2.75) is 47.1 Å². The van der Waals surface area contributed by atoms with E-state index in [4.69, 9.17) is 5.11 Å². The molecule has 0 fully saturated rings. The minimum absolute atomic E-state index is 0.0579. The normalized spacial score (nSPS) is 9.37. The van der Waals surface area contributed by atoms with E-state index in [0.29, 0.717) is 4.88 Å². The first kappa shape index (κ1) is 26.3. The fourth-order valence-electron chi connectivity index (χ4n) is 1.63. The molecule has 1 nitrogen and oxygen atoms in total. The first-order valence-electron chi connectivity index (χ1n) is 8.41. The predicted molar refractivity (Wildman–Crippen MR) is 117 cm³/mol. The van der Waals surface area contributed by atoms with Gasteiger partial charge in [0, 0.05) is 9.75 Å². The molecule has 3 aromatic rings. The Hall–Kier alpha value is -0.670. The lowest BCUT2D eigenvalue weighted by Gasteiger charge is -1.83. The van der Waals surface area contributed by atoms with E-state index in [1.54, 1.807) is 10.8 Å². The van der Waals surface area contributed by atoms with Crippen molar-refractivity contribution in [3.05, 3.63) is 64.8 Å². The van der Waals surface area contributed by atoms with Crippen molar-refractivity contribution in [2.24, 2.45) is 0 Å². The van der Waals surface area contributed by atoms with Gasteiger partial charge in [-0.2, -0.15) is 0 Å². The fraction of sp³-hybridized carbons (Fsp3) is 0.368. The van der Waals surface area contributed by atoms with Crippen LogP contribution in [0, 0.1) is 17.5 Å². The van der Waals surface area contributed by atoms with Gasteiger partial charge in [-0.1, -0.05) is 27.7 Å². The largest absolute Gasteiger partial charge is 0.391 e. The third kappa shape index (κ3) is 9.89. The van der Waals surface area contributed by atoms with Gasteiger partial charge in [-0.25, -0.2) is 13.2 Å². The Morgan fingerprint density at radius 1 is 0.852 bits per heavy atom. The lowest BCUT2D eigenvalue weighted by molar-refractivity contribution is 0.280. The van der Waals surface area contributed by atoms with Crippen LogP contribution in [0.4, 0.5) is 13.2 Å². The zero-order valence-corrected chi connectivity index (χ0v) is 19.7. The summed E-state index contributed by atoms with van der Waals surface area (Å²) >= 11 is 7.36. The molecular weight excluding hydrogens is 477 g/mol. The number of hydrogen-bond acceptors (Lipinski definition) is 4. The number of thiophene rings is 3. The maximum Gasteiger partial charge on any atom is 0.139 e. The average Bonchev–Trinajstić information content (AvgIpc) is 3.37. The fourth-order valence-corrected chi connectivity index (χ4v) is 4.42. The molecule has 0 spiro atoms. The molecule has 3 rings (SSSR count). The van der Waals surface area contributed by atoms with E-state index in [1.807, 2.05) is 27.7 Å². The Labute approximate surface area is 179 Å². The van der Waals surface area contributed by atoms with Gasteiger partial charge in [0.25, 0.3) is 0 Å². The monoisotopic (exact) mass is 500 g/mol. The smallest absolute Gasteiger partial charge is 0.139 e. The number of aliphatic hydroxyl groups excluding tert-OH is 1. The summed E-state index contributed by atoms with van der Waals surface area (Å²) in [5, 5.41) is 11.8. The minimum atomic E-state index is -0.308. The van der Waals surface area contributed by atoms with Crippen LogP contribution in [0.2, 0.25) is 0 Å². The highest BCUT2D eigenvalue weighted by Crippen LogP contribution is 2.25. The van der Waals surface area contributed by atoms with Crippen LogP contribution in [0.15, 0.2) is 32.7 Å². The van der Waals surface area contributed by atoms with Crippen molar-refractivity contribution in [1.82, 2.24) is 0 Å². The second-order valence-corrected chi connectivity index (χ2v) is 9.09. The highest BCUT2D eigenvalue weighted by atomic mass is 79.9. The van der Waals surface area contributed by atoms with Crippen LogP contribution in [-0.2, 0) is 19.4 Å². The van der Waals surface area contributed by atoms with Gasteiger partial charge < -0.3 is 5.11 Å². The van der Waals surface area contributed by atoms with Crippen molar-refractivity contribution in [3.63, 3.8) is 0 Å². The second kappa shape index (κ2) is 15.3. The molecule has 0 aromatic carbocycles. The Bertz CT molecular complexity index is 713. The third-order valence-electron chi connectivity index (χ3n) is 2.90. The van der Waals surface area contributed by atoms with Gasteiger partial charge in [0.05, 0.1) is 15.3 Å². The summed E-state index contributed by atoms with van der Waals surface area (Å²) in [5.41, 5.74) is 0. The molecular formula is C19H24BrF3OS3. The molecule has 0 saturated carbocycles. The summed E-state index contributed by atoms with van der Waals surface area (Å²) in [6, 6.07) is 4.35. The molecule has 27 heavy (non-hydrogen) atoms. The van der Waals surface area contributed by atoms with Gasteiger partial charge in [-0.05, 0) is 57.7 Å². The predicted octanol–water partition coefficient (Wildman–Crippen LogP) is 8.07. The van der Waals surface area contributed by atoms with Gasteiger partial charge >= 0.3 is 0 Å². The molecule has 152 valence electrons. The third-order valence-corrected chi connectivity index (χ3v) is 6.57. The Kier molecular flexibility index (Phi) is 14.9. The molecule has 0 unspecified atom stereocenters. The first-order chi connectivity index (χ1) is 12.9. The highest BCUT2D eigenvalue weighted by molar-refractivity contribution is 9.11. The van der Waals surface area contributed by atoms with E-state index in [9.17, 15) is 13.2 Å². The van der Waals surface area contributed by atoms with E-state index < -0.39 is 0 Å². The molecule has 0 amide bonds. The molecule has 3 aromatic heterocycles. The van der Waals surface area contributed by atoms with Crippen LogP contribution < -0.4 is 0 Å². The second-order valence-electron chi connectivity index (χ2n) is 4.57. The van der Waals surface area contributed by atoms with E-state index in [2.05, 4.69) is 15.9 Å². The summed E-state index contributed by atoms with van der Waals surface area (Å²) < 4.78 is 38.0. The van der Waals surface area contributed by atoms with Gasteiger partial charge in [-0.3, -0.25) is 0 Å². The van der Waals surface area contributed by atoms with Crippen LogP contribution in [0.5, 0.6) is 0 Å². The summed E-state index contributed by atoms with van der Waals surface area (Å²) in [6.07, 6.45) is 1.59. The van der Waals surface area contributed by atoms with Crippen LogP contribution in [0.1, 0.15) is 42.3 Å². The molecule has 0 atom stereocenters. The SMILES string of the molecule is CC.CCc1sc(Br)cc1F.CCc1sccc1F.OCc1sccc1F. The standard InChI is InChI=1S/C6H6BrFS.C6H7FS.C5H5FOS.C2H6/c1-2-5-4(8)3-6(7)9-5;1-2-6-5(7)3-4-8-6;6-4-1-2-8-5(4)3-7;1-2/h3H,2H2,1H3;3-4H,2H2,1H3;1-2,7H,3H2;1-2H3. The summed E-state index contributed by atoms with van der Waals surface area (Å²) in [7, 11) is 0. The van der Waals surface area contributed by atoms with E-state index in [-0.39, 0.29) is 24.1 Å². The lowest BCUT2D eigenvalue weighted by atomic mass is 10.4. The molecule has 1 N–H and O–H groups in total. The van der Waals surface area contributed by atoms with Gasteiger partial charge in [0.1, 0.15) is 17.5 Å². The Balaban J connectivity index is 0.000000359. The average molecular weight is 501 g/mol. The van der Waals surface area contributed by atoms with Crippen molar-refractivity contribution in [1.29, 1.82) is 0 Å². The van der Waals surface area contributed by atoms with Gasteiger partial charge in [0.2, 0.25) is 0 Å². The number of hydrogen-bond donors (Lipinski definition) is 1. The van der Waals surface area contributed by atoms with Gasteiger partial charge in [-0.15, -0.1) is 34.0 Å². The zero-order valence-electron chi connectivity index (χ0n) is 15.7. The maximum atomic E-state index is 12.6. The maximum absolute atomic E-state index is 12.6. The molecule has 8 heteroatoms. The summed E-state index contributed by atoms with van der Waals surface area (Å²) in [6.45, 7) is 7.71. The van der Waals surface area contributed by atoms with Crippen molar-refractivity contribution >= 4 is 49.9 Å². The van der Waals surface area contributed by atoms with Crippen LogP contribution in [-0.4, -0.2) is 5.11 Å². The van der Waals surface area contributed by atoms with Crippen LogP contribution in [0.25, 0.3) is 0 Å². The van der Waals surface area contributed by atoms with Crippen LogP contribution >= 0.6 is 49.9 Å². The van der Waals surface area contributed by atoms with Crippen molar-refractivity contribution < 1.29 is 18.3 Å². The number of rotatable bonds is 3.